The number of hydrogen-bond donors (Lipinski definition) is 2. The van der Waals surface area contributed by atoms with Crippen molar-refractivity contribution in [1.82, 2.24) is 15.0 Å². The average molecular weight is 251 g/mol. The summed E-state index contributed by atoms with van der Waals surface area (Å²) in [6, 6.07) is 11.7. The van der Waals surface area contributed by atoms with Crippen LogP contribution in [0.3, 0.4) is 0 Å². The predicted octanol–water partition coefficient (Wildman–Crippen LogP) is 2.81. The Balaban J connectivity index is 2.01. The van der Waals surface area contributed by atoms with Crippen LogP contribution in [0.5, 0.6) is 0 Å². The number of anilines is 3. The van der Waals surface area contributed by atoms with Crippen molar-refractivity contribution in [2.75, 3.05) is 17.7 Å². The van der Waals surface area contributed by atoms with Gasteiger partial charge in [0.1, 0.15) is 5.82 Å². The van der Waals surface area contributed by atoms with Gasteiger partial charge in [0, 0.05) is 30.5 Å². The smallest absolute Gasteiger partial charge is 0.224 e. The summed E-state index contributed by atoms with van der Waals surface area (Å²) in [5.41, 5.74) is 1.93. The summed E-state index contributed by atoms with van der Waals surface area (Å²) in [5.74, 6) is 1.33. The third-order valence-electron chi connectivity index (χ3n) is 2.79. The van der Waals surface area contributed by atoms with Crippen molar-refractivity contribution in [2.45, 2.75) is 0 Å². The van der Waals surface area contributed by atoms with E-state index in [0.29, 0.717) is 5.95 Å². The first kappa shape index (κ1) is 11.4. The molecule has 19 heavy (non-hydrogen) atoms. The van der Waals surface area contributed by atoms with Crippen LogP contribution < -0.4 is 10.6 Å². The molecule has 0 saturated carbocycles. The predicted molar refractivity (Wildman–Crippen MR) is 76.6 cm³/mol. The monoisotopic (exact) mass is 251 g/mol. The third-order valence-corrected chi connectivity index (χ3v) is 2.79. The molecular weight excluding hydrogens is 238 g/mol. The summed E-state index contributed by atoms with van der Waals surface area (Å²) < 4.78 is 0. The fraction of sp³-hybridized carbons (Fsp3) is 0.0714. The van der Waals surface area contributed by atoms with Gasteiger partial charge in [-0.1, -0.05) is 6.07 Å². The highest BCUT2D eigenvalue weighted by molar-refractivity contribution is 5.92. The fourth-order valence-electron chi connectivity index (χ4n) is 1.90. The molecule has 0 radical (unpaired) electrons. The zero-order chi connectivity index (χ0) is 13.1. The summed E-state index contributed by atoms with van der Waals surface area (Å²) in [5, 5.41) is 7.27. The van der Waals surface area contributed by atoms with Crippen LogP contribution in [0.2, 0.25) is 0 Å². The van der Waals surface area contributed by atoms with Crippen molar-refractivity contribution in [2.24, 2.45) is 0 Å². The van der Waals surface area contributed by atoms with Gasteiger partial charge in [-0.3, -0.25) is 4.98 Å². The highest BCUT2D eigenvalue weighted by Crippen LogP contribution is 2.24. The minimum atomic E-state index is 0.586. The van der Waals surface area contributed by atoms with Gasteiger partial charge in [-0.25, -0.2) is 4.98 Å². The van der Waals surface area contributed by atoms with Gasteiger partial charge in [0.25, 0.3) is 0 Å². The van der Waals surface area contributed by atoms with E-state index in [0.717, 1.165) is 22.4 Å². The maximum atomic E-state index is 4.34. The number of aromatic nitrogens is 3. The summed E-state index contributed by atoms with van der Waals surface area (Å²) in [6.07, 6.45) is 3.50. The van der Waals surface area contributed by atoms with Crippen molar-refractivity contribution in [3.8, 4) is 0 Å². The Labute approximate surface area is 110 Å². The Morgan fingerprint density at radius 2 is 1.89 bits per heavy atom. The lowest BCUT2D eigenvalue weighted by Gasteiger charge is -2.09. The van der Waals surface area contributed by atoms with Gasteiger partial charge in [0.05, 0.1) is 5.52 Å². The minimum Gasteiger partial charge on any atom is -0.357 e. The molecule has 0 aliphatic heterocycles. The molecule has 0 amide bonds. The molecule has 2 N–H and O–H groups in total. The molecule has 1 aromatic carbocycles. The second-order valence-electron chi connectivity index (χ2n) is 4.02. The molecule has 0 aliphatic rings. The molecule has 0 saturated heterocycles. The van der Waals surface area contributed by atoms with Crippen LogP contribution in [0.25, 0.3) is 10.9 Å². The summed E-state index contributed by atoms with van der Waals surface area (Å²) in [7, 11) is 1.79. The van der Waals surface area contributed by atoms with E-state index in [1.54, 1.807) is 19.4 Å². The molecule has 2 heterocycles. The number of hydrogen-bond acceptors (Lipinski definition) is 5. The van der Waals surface area contributed by atoms with Gasteiger partial charge in [0.2, 0.25) is 5.95 Å². The molecule has 94 valence electrons. The molecule has 0 atom stereocenters. The lowest BCUT2D eigenvalue weighted by molar-refractivity contribution is 1.15. The Morgan fingerprint density at radius 1 is 0.947 bits per heavy atom. The topological polar surface area (TPSA) is 62.7 Å². The Morgan fingerprint density at radius 3 is 2.79 bits per heavy atom. The molecule has 5 heteroatoms. The summed E-state index contributed by atoms with van der Waals surface area (Å²) in [6.45, 7) is 0. The number of nitrogens with zero attached hydrogens (tertiary/aromatic N) is 3. The van der Waals surface area contributed by atoms with Crippen molar-refractivity contribution < 1.29 is 0 Å². The van der Waals surface area contributed by atoms with Gasteiger partial charge in [-0.05, 0) is 30.3 Å². The van der Waals surface area contributed by atoms with Crippen LogP contribution in [0, 0.1) is 0 Å². The molecule has 5 nitrogen and oxygen atoms in total. The molecule has 0 unspecified atom stereocenters. The second kappa shape index (κ2) is 4.89. The maximum Gasteiger partial charge on any atom is 0.224 e. The maximum absolute atomic E-state index is 4.34. The highest BCUT2D eigenvalue weighted by atomic mass is 15.1. The quantitative estimate of drug-likeness (QED) is 0.749. The normalized spacial score (nSPS) is 10.4. The Bertz CT molecular complexity index is 706. The molecule has 0 aliphatic carbocycles. The SMILES string of the molecule is CNc1nccc(Nc2cccc3ncccc23)n1. The van der Waals surface area contributed by atoms with Crippen molar-refractivity contribution in [1.29, 1.82) is 0 Å². The molecular formula is C14H13N5. The molecule has 0 bridgehead atoms. The zero-order valence-electron chi connectivity index (χ0n) is 10.5. The Kier molecular flexibility index (Phi) is 2.94. The standard InChI is InChI=1S/C14H13N5/c1-15-14-17-9-7-13(19-14)18-12-6-2-5-11-10(12)4-3-8-16-11/h2-9H,1H3,(H2,15,17,18,19). The van der Waals surface area contributed by atoms with E-state index in [2.05, 4.69) is 25.6 Å². The van der Waals surface area contributed by atoms with Crippen LogP contribution >= 0.6 is 0 Å². The van der Waals surface area contributed by atoms with E-state index >= 15 is 0 Å². The van der Waals surface area contributed by atoms with E-state index in [1.165, 1.54) is 0 Å². The van der Waals surface area contributed by atoms with Gasteiger partial charge in [-0.15, -0.1) is 0 Å². The first-order valence-corrected chi connectivity index (χ1v) is 5.98. The second-order valence-corrected chi connectivity index (χ2v) is 4.02. The minimum absolute atomic E-state index is 0.586. The van der Waals surface area contributed by atoms with E-state index in [1.807, 2.05) is 36.4 Å². The van der Waals surface area contributed by atoms with Crippen LogP contribution in [0.4, 0.5) is 17.5 Å². The average Bonchev–Trinajstić information content (AvgIpc) is 2.48. The first-order valence-electron chi connectivity index (χ1n) is 5.98. The first-order chi connectivity index (χ1) is 9.36. The molecule has 3 rings (SSSR count). The molecule has 0 fully saturated rings. The van der Waals surface area contributed by atoms with Crippen molar-refractivity contribution in [3.05, 3.63) is 48.8 Å². The van der Waals surface area contributed by atoms with Crippen LogP contribution in [0.15, 0.2) is 48.8 Å². The van der Waals surface area contributed by atoms with E-state index in [4.69, 9.17) is 0 Å². The Hall–Kier alpha value is -2.69. The van der Waals surface area contributed by atoms with Crippen LogP contribution in [-0.4, -0.2) is 22.0 Å². The van der Waals surface area contributed by atoms with E-state index in [-0.39, 0.29) is 0 Å². The van der Waals surface area contributed by atoms with E-state index < -0.39 is 0 Å². The number of rotatable bonds is 3. The van der Waals surface area contributed by atoms with E-state index in [9.17, 15) is 0 Å². The fourth-order valence-corrected chi connectivity index (χ4v) is 1.90. The lowest BCUT2D eigenvalue weighted by atomic mass is 10.2. The number of pyridine rings is 1. The van der Waals surface area contributed by atoms with Gasteiger partial charge < -0.3 is 10.6 Å². The largest absolute Gasteiger partial charge is 0.357 e. The van der Waals surface area contributed by atoms with Gasteiger partial charge in [0.15, 0.2) is 0 Å². The zero-order valence-corrected chi connectivity index (χ0v) is 10.5. The molecule has 3 aromatic rings. The summed E-state index contributed by atoms with van der Waals surface area (Å²) in [4.78, 5) is 12.8. The highest BCUT2D eigenvalue weighted by Gasteiger charge is 2.03. The number of fused-ring (bicyclic) bond motifs is 1. The summed E-state index contributed by atoms with van der Waals surface area (Å²) >= 11 is 0. The van der Waals surface area contributed by atoms with Crippen LogP contribution in [0.1, 0.15) is 0 Å². The van der Waals surface area contributed by atoms with Gasteiger partial charge in [-0.2, -0.15) is 4.98 Å². The van der Waals surface area contributed by atoms with Crippen LogP contribution in [-0.2, 0) is 0 Å². The van der Waals surface area contributed by atoms with Gasteiger partial charge >= 0.3 is 0 Å². The number of nitrogens with one attached hydrogen (secondary N) is 2. The number of benzene rings is 1. The van der Waals surface area contributed by atoms with Crippen molar-refractivity contribution >= 4 is 28.4 Å². The lowest BCUT2D eigenvalue weighted by Crippen LogP contribution is -2.00. The molecule has 2 aromatic heterocycles. The third kappa shape index (κ3) is 2.30. The van der Waals surface area contributed by atoms with Crippen molar-refractivity contribution in [3.63, 3.8) is 0 Å². The molecule has 0 spiro atoms.